The second kappa shape index (κ2) is 6.80. The van der Waals surface area contributed by atoms with Gasteiger partial charge in [0.25, 0.3) is 0 Å². The number of hydrogen-bond acceptors (Lipinski definition) is 4. The number of benzene rings is 1. The van der Waals surface area contributed by atoms with Crippen molar-refractivity contribution >= 4 is 0 Å². The van der Waals surface area contributed by atoms with Crippen LogP contribution in [0.15, 0.2) is 24.3 Å². The molecule has 1 saturated heterocycles. The molecule has 2 unspecified atom stereocenters. The zero-order valence-electron chi connectivity index (χ0n) is 10.1. The fourth-order valence-corrected chi connectivity index (χ4v) is 1.87. The van der Waals surface area contributed by atoms with Gasteiger partial charge < -0.3 is 19.9 Å². The third kappa shape index (κ3) is 4.03. The number of ether oxygens (including phenoxy) is 2. The van der Waals surface area contributed by atoms with Gasteiger partial charge in [-0.25, -0.2) is 4.39 Å². The highest BCUT2D eigenvalue weighted by Gasteiger charge is 2.14. The lowest BCUT2D eigenvalue weighted by Crippen LogP contribution is -2.38. The molecule has 1 aliphatic heterocycles. The molecule has 2 N–H and O–H groups in total. The van der Waals surface area contributed by atoms with Gasteiger partial charge in [-0.05, 0) is 17.7 Å². The first-order chi connectivity index (χ1) is 8.75. The summed E-state index contributed by atoms with van der Waals surface area (Å²) in [5.74, 6) is -0.337. The van der Waals surface area contributed by atoms with Gasteiger partial charge in [-0.1, -0.05) is 12.1 Å². The predicted octanol–water partition coefficient (Wildman–Crippen LogP) is 0.864. The molecule has 0 radical (unpaired) electrons. The monoisotopic (exact) mass is 255 g/mol. The lowest BCUT2D eigenvalue weighted by Gasteiger charge is -2.23. The van der Waals surface area contributed by atoms with Crippen molar-refractivity contribution < 1.29 is 19.0 Å². The molecular formula is C13H18FNO3. The molecule has 2 atom stereocenters. The Morgan fingerprint density at radius 1 is 1.44 bits per heavy atom. The standard InChI is InChI=1S/C13H18FNO3/c14-11-3-1-2-10(6-11)13(16)8-15-7-12-9-17-4-5-18-12/h1-3,6,12-13,15-16H,4-5,7-9H2. The summed E-state index contributed by atoms with van der Waals surface area (Å²) in [5.41, 5.74) is 0.573. The summed E-state index contributed by atoms with van der Waals surface area (Å²) >= 11 is 0. The molecule has 0 bridgehead atoms. The molecule has 2 rings (SSSR count). The van der Waals surface area contributed by atoms with Crippen LogP contribution in [-0.2, 0) is 9.47 Å². The Labute approximate surface area is 106 Å². The van der Waals surface area contributed by atoms with Gasteiger partial charge in [0.05, 0.1) is 32.0 Å². The topological polar surface area (TPSA) is 50.7 Å². The van der Waals surface area contributed by atoms with Crippen molar-refractivity contribution in [2.24, 2.45) is 0 Å². The van der Waals surface area contributed by atoms with Gasteiger partial charge >= 0.3 is 0 Å². The summed E-state index contributed by atoms with van der Waals surface area (Å²) in [4.78, 5) is 0. The molecule has 100 valence electrons. The summed E-state index contributed by atoms with van der Waals surface area (Å²) in [5, 5.41) is 13.0. The summed E-state index contributed by atoms with van der Waals surface area (Å²) in [7, 11) is 0. The molecule has 18 heavy (non-hydrogen) atoms. The van der Waals surface area contributed by atoms with E-state index in [0.29, 0.717) is 38.5 Å². The van der Waals surface area contributed by atoms with Crippen LogP contribution in [0.5, 0.6) is 0 Å². The van der Waals surface area contributed by atoms with Crippen molar-refractivity contribution in [2.75, 3.05) is 32.9 Å². The van der Waals surface area contributed by atoms with E-state index >= 15 is 0 Å². The van der Waals surface area contributed by atoms with E-state index in [2.05, 4.69) is 5.32 Å². The van der Waals surface area contributed by atoms with E-state index in [1.54, 1.807) is 12.1 Å². The van der Waals surface area contributed by atoms with Gasteiger partial charge in [-0.3, -0.25) is 0 Å². The highest BCUT2D eigenvalue weighted by Crippen LogP contribution is 2.13. The Balaban J connectivity index is 1.72. The van der Waals surface area contributed by atoms with Crippen molar-refractivity contribution in [2.45, 2.75) is 12.2 Å². The first-order valence-electron chi connectivity index (χ1n) is 6.09. The van der Waals surface area contributed by atoms with E-state index in [0.717, 1.165) is 0 Å². The van der Waals surface area contributed by atoms with Gasteiger partial charge in [-0.15, -0.1) is 0 Å². The SMILES string of the molecule is OC(CNCC1COCCO1)c1cccc(F)c1. The molecule has 0 aliphatic carbocycles. The third-order valence-electron chi connectivity index (χ3n) is 2.83. The minimum absolute atomic E-state index is 0.0264. The van der Waals surface area contributed by atoms with Crippen molar-refractivity contribution in [3.05, 3.63) is 35.6 Å². The molecule has 5 heteroatoms. The van der Waals surface area contributed by atoms with E-state index in [-0.39, 0.29) is 11.9 Å². The fourth-order valence-electron chi connectivity index (χ4n) is 1.87. The predicted molar refractivity (Wildman–Crippen MR) is 64.8 cm³/mol. The Kier molecular flexibility index (Phi) is 5.07. The van der Waals surface area contributed by atoms with E-state index in [9.17, 15) is 9.50 Å². The Bertz CT molecular complexity index is 369. The average molecular weight is 255 g/mol. The van der Waals surface area contributed by atoms with Gasteiger partial charge in [0, 0.05) is 13.1 Å². The smallest absolute Gasteiger partial charge is 0.123 e. The van der Waals surface area contributed by atoms with Gasteiger partial charge in [0.15, 0.2) is 0 Å². The molecule has 1 aromatic carbocycles. The van der Waals surface area contributed by atoms with Crippen LogP contribution >= 0.6 is 0 Å². The maximum absolute atomic E-state index is 13.0. The van der Waals surface area contributed by atoms with Crippen LogP contribution in [0.1, 0.15) is 11.7 Å². The van der Waals surface area contributed by atoms with Crippen LogP contribution in [-0.4, -0.2) is 44.1 Å². The first-order valence-corrected chi connectivity index (χ1v) is 6.09. The number of hydrogen-bond donors (Lipinski definition) is 2. The van der Waals surface area contributed by atoms with Crippen LogP contribution in [0.25, 0.3) is 0 Å². The Hall–Kier alpha value is -1.01. The number of aliphatic hydroxyl groups is 1. The van der Waals surface area contributed by atoms with Gasteiger partial charge in [-0.2, -0.15) is 0 Å². The number of rotatable bonds is 5. The molecule has 0 amide bonds. The molecule has 1 fully saturated rings. The van der Waals surface area contributed by atoms with Crippen LogP contribution in [0.4, 0.5) is 4.39 Å². The zero-order chi connectivity index (χ0) is 12.8. The zero-order valence-corrected chi connectivity index (χ0v) is 10.1. The van der Waals surface area contributed by atoms with Crippen LogP contribution < -0.4 is 5.32 Å². The average Bonchev–Trinajstić information content (AvgIpc) is 2.40. The first kappa shape index (κ1) is 13.4. The van der Waals surface area contributed by atoms with Gasteiger partial charge in [0.2, 0.25) is 0 Å². The van der Waals surface area contributed by atoms with Crippen molar-refractivity contribution in [1.29, 1.82) is 0 Å². The highest BCUT2D eigenvalue weighted by molar-refractivity contribution is 5.18. The maximum Gasteiger partial charge on any atom is 0.123 e. The second-order valence-corrected chi connectivity index (χ2v) is 4.30. The van der Waals surface area contributed by atoms with Crippen molar-refractivity contribution in [3.63, 3.8) is 0 Å². The Morgan fingerprint density at radius 3 is 3.06 bits per heavy atom. The lowest BCUT2D eigenvalue weighted by atomic mass is 10.1. The summed E-state index contributed by atoms with van der Waals surface area (Å²) in [6.07, 6.45) is -0.691. The molecule has 1 aromatic rings. The minimum atomic E-state index is -0.717. The van der Waals surface area contributed by atoms with Gasteiger partial charge in [0.1, 0.15) is 5.82 Å². The summed E-state index contributed by atoms with van der Waals surface area (Å²) in [6, 6.07) is 5.99. The molecule has 1 heterocycles. The fraction of sp³-hybridized carbons (Fsp3) is 0.538. The Morgan fingerprint density at radius 2 is 2.33 bits per heavy atom. The van der Waals surface area contributed by atoms with Crippen LogP contribution in [0, 0.1) is 5.82 Å². The molecule has 0 aromatic heterocycles. The van der Waals surface area contributed by atoms with Crippen molar-refractivity contribution in [1.82, 2.24) is 5.32 Å². The highest BCUT2D eigenvalue weighted by atomic mass is 19.1. The summed E-state index contributed by atoms with van der Waals surface area (Å²) in [6.45, 7) is 2.81. The van der Waals surface area contributed by atoms with E-state index in [4.69, 9.17) is 9.47 Å². The molecular weight excluding hydrogens is 237 g/mol. The molecule has 4 nitrogen and oxygen atoms in total. The van der Waals surface area contributed by atoms with E-state index in [1.807, 2.05) is 0 Å². The van der Waals surface area contributed by atoms with Crippen LogP contribution in [0.3, 0.4) is 0 Å². The lowest BCUT2D eigenvalue weighted by molar-refractivity contribution is -0.0868. The largest absolute Gasteiger partial charge is 0.387 e. The number of halogens is 1. The summed E-state index contributed by atoms with van der Waals surface area (Å²) < 4.78 is 23.7. The third-order valence-corrected chi connectivity index (χ3v) is 2.83. The van der Waals surface area contributed by atoms with E-state index < -0.39 is 6.10 Å². The normalized spacial score (nSPS) is 21.8. The van der Waals surface area contributed by atoms with Crippen molar-refractivity contribution in [3.8, 4) is 0 Å². The van der Waals surface area contributed by atoms with E-state index in [1.165, 1.54) is 12.1 Å². The number of aliphatic hydroxyl groups excluding tert-OH is 1. The second-order valence-electron chi connectivity index (χ2n) is 4.30. The minimum Gasteiger partial charge on any atom is -0.387 e. The van der Waals surface area contributed by atoms with Crippen LogP contribution in [0.2, 0.25) is 0 Å². The molecule has 1 aliphatic rings. The number of nitrogens with one attached hydrogen (secondary N) is 1. The molecule has 0 spiro atoms. The quantitative estimate of drug-likeness (QED) is 0.819. The molecule has 0 saturated carbocycles. The maximum atomic E-state index is 13.0.